The molecule has 2 N–H and O–H groups in total. The summed E-state index contributed by atoms with van der Waals surface area (Å²) >= 11 is 0. The monoisotopic (exact) mass is 258 g/mol. The van der Waals surface area contributed by atoms with E-state index in [2.05, 4.69) is 5.10 Å². The van der Waals surface area contributed by atoms with Crippen molar-refractivity contribution in [2.24, 2.45) is 5.73 Å². The van der Waals surface area contributed by atoms with Gasteiger partial charge in [0, 0.05) is 26.1 Å². The number of rotatable bonds is 1. The zero-order valence-electron chi connectivity index (χ0n) is 9.88. The van der Waals surface area contributed by atoms with Crippen molar-refractivity contribution in [3.8, 4) is 0 Å². The van der Waals surface area contributed by atoms with Gasteiger partial charge in [0.05, 0.1) is 17.8 Å². The number of halogens is 2. The molecule has 1 aromatic heterocycles. The average Bonchev–Trinajstić information content (AvgIpc) is 2.81. The Balaban J connectivity index is 1.92. The molecule has 18 heavy (non-hydrogen) atoms. The fourth-order valence-corrected chi connectivity index (χ4v) is 2.24. The number of nitrogens with two attached hydrogens (primary N) is 1. The maximum atomic E-state index is 13.0. The van der Waals surface area contributed by atoms with E-state index in [-0.39, 0.29) is 6.42 Å². The van der Waals surface area contributed by atoms with Gasteiger partial charge in [-0.05, 0) is 6.42 Å². The molecule has 1 saturated carbocycles. The minimum absolute atomic E-state index is 0.159. The molecule has 1 aromatic rings. The van der Waals surface area contributed by atoms with Crippen LogP contribution in [0.1, 0.15) is 24.5 Å². The Morgan fingerprint density at radius 1 is 1.56 bits per heavy atom. The van der Waals surface area contributed by atoms with Crippen molar-refractivity contribution >= 4 is 5.82 Å². The number of hydroxylamine groups is 1. The van der Waals surface area contributed by atoms with Gasteiger partial charge in [-0.15, -0.1) is 0 Å². The minimum Gasteiger partial charge on any atom is -0.766 e. The predicted octanol–water partition coefficient (Wildman–Crippen LogP) is 0.845. The number of nitrogens with zero attached hydrogens (tertiary/aromatic N) is 4. The zero-order chi connectivity index (χ0) is 13.1. The molecule has 1 fully saturated rings. The first-order valence-electron chi connectivity index (χ1n) is 5.81. The minimum atomic E-state index is -2.65. The molecule has 0 aromatic carbocycles. The zero-order valence-corrected chi connectivity index (χ0v) is 9.88. The Morgan fingerprint density at radius 3 is 2.83 bits per heavy atom. The number of fused-ring (bicyclic) bond motifs is 1. The molecule has 1 aliphatic heterocycles. The number of aromatic nitrogens is 2. The van der Waals surface area contributed by atoms with Crippen LogP contribution < -0.4 is 10.7 Å². The van der Waals surface area contributed by atoms with E-state index in [4.69, 9.17) is 5.73 Å². The summed E-state index contributed by atoms with van der Waals surface area (Å²) in [5.74, 6) is -2.94. The number of anilines is 1. The van der Waals surface area contributed by atoms with Gasteiger partial charge in [0.1, 0.15) is 5.82 Å². The van der Waals surface area contributed by atoms with Crippen LogP contribution in [0.4, 0.5) is 14.6 Å². The Kier molecular flexibility index (Phi) is 2.38. The largest absolute Gasteiger partial charge is 0.766 e. The average molecular weight is 258 g/mol. The summed E-state index contributed by atoms with van der Waals surface area (Å²) in [5.41, 5.74) is 6.02. The molecule has 2 heterocycles. The number of aryl methyl sites for hydroxylation is 1. The Bertz CT molecular complexity index is 477. The van der Waals surface area contributed by atoms with Gasteiger partial charge < -0.3 is 15.9 Å². The maximum absolute atomic E-state index is 13.0. The lowest BCUT2D eigenvalue weighted by molar-refractivity contribution is 0.111. The van der Waals surface area contributed by atoms with Crippen molar-refractivity contribution in [1.29, 1.82) is 0 Å². The van der Waals surface area contributed by atoms with Crippen molar-refractivity contribution in [3.63, 3.8) is 0 Å². The van der Waals surface area contributed by atoms with Crippen LogP contribution in [0.5, 0.6) is 0 Å². The highest BCUT2D eigenvalue weighted by Gasteiger charge is 2.59. The van der Waals surface area contributed by atoms with Crippen molar-refractivity contribution in [3.05, 3.63) is 17.0 Å². The van der Waals surface area contributed by atoms with E-state index in [0.717, 1.165) is 0 Å². The van der Waals surface area contributed by atoms with Crippen molar-refractivity contribution < 1.29 is 8.78 Å². The maximum Gasteiger partial charge on any atom is 0.257 e. The van der Waals surface area contributed by atoms with Crippen LogP contribution in [-0.2, 0) is 6.54 Å². The van der Waals surface area contributed by atoms with Gasteiger partial charge in [-0.1, -0.05) is 0 Å². The first-order valence-corrected chi connectivity index (χ1v) is 5.81. The highest BCUT2D eigenvalue weighted by atomic mass is 19.3. The predicted molar refractivity (Wildman–Crippen MR) is 60.7 cm³/mol. The summed E-state index contributed by atoms with van der Waals surface area (Å²) < 4.78 is 27.6. The summed E-state index contributed by atoms with van der Waals surface area (Å²) in [6.45, 7) is 0.456. The summed E-state index contributed by atoms with van der Waals surface area (Å²) in [6.07, 6.45) is -0.362. The second-order valence-corrected chi connectivity index (χ2v) is 4.85. The van der Waals surface area contributed by atoms with E-state index < -0.39 is 18.0 Å². The van der Waals surface area contributed by atoms with Crippen molar-refractivity contribution in [2.75, 3.05) is 12.1 Å². The number of hydrogen-bond donors (Lipinski definition) is 1. The first-order chi connectivity index (χ1) is 8.40. The van der Waals surface area contributed by atoms with Crippen molar-refractivity contribution in [2.45, 2.75) is 37.4 Å². The standard InChI is InChI=1S/C10H14F2N5O/c1-15-9-4-7(6-5-10(6,11)12)14-16(9)3-2-8(13)17(15)18/h4,6,8H,2-3,5,13H2,1H3/q-1/t6-,8+/m1/s1. The van der Waals surface area contributed by atoms with Crippen LogP contribution in [0, 0.1) is 5.21 Å². The molecule has 0 unspecified atom stereocenters. The highest BCUT2D eigenvalue weighted by molar-refractivity contribution is 5.42. The molecule has 0 amide bonds. The van der Waals surface area contributed by atoms with Crippen LogP contribution in [0.2, 0.25) is 0 Å². The smallest absolute Gasteiger partial charge is 0.257 e. The molecule has 2 atom stereocenters. The lowest BCUT2D eigenvalue weighted by Gasteiger charge is -2.40. The number of hydrazine groups is 1. The highest BCUT2D eigenvalue weighted by Crippen LogP contribution is 2.55. The number of alkyl halides is 2. The lowest BCUT2D eigenvalue weighted by Crippen LogP contribution is -2.46. The van der Waals surface area contributed by atoms with Crippen LogP contribution in [0.25, 0.3) is 0 Å². The van der Waals surface area contributed by atoms with Crippen LogP contribution in [-0.4, -0.2) is 34.1 Å². The summed E-state index contributed by atoms with van der Waals surface area (Å²) in [4.78, 5) is 0. The number of hydrogen-bond acceptors (Lipinski definition) is 5. The topological polar surface area (TPSA) is 73.4 Å². The van der Waals surface area contributed by atoms with E-state index >= 15 is 0 Å². The molecular formula is C10H14F2N5O-. The summed E-state index contributed by atoms with van der Waals surface area (Å²) in [5, 5.41) is 17.9. The molecule has 2 aliphatic rings. The van der Waals surface area contributed by atoms with Gasteiger partial charge in [0.25, 0.3) is 5.92 Å². The van der Waals surface area contributed by atoms with Crippen molar-refractivity contribution in [1.82, 2.24) is 15.0 Å². The third kappa shape index (κ3) is 1.68. The Labute approximate surface area is 102 Å². The summed E-state index contributed by atoms with van der Waals surface area (Å²) in [6, 6.07) is 1.55. The molecule has 8 heteroatoms. The second kappa shape index (κ2) is 3.62. The van der Waals surface area contributed by atoms with Gasteiger partial charge in [-0.3, -0.25) is 5.17 Å². The third-order valence-electron chi connectivity index (χ3n) is 3.51. The molecule has 6 nitrogen and oxygen atoms in total. The van der Waals surface area contributed by atoms with Gasteiger partial charge in [0.2, 0.25) is 0 Å². The van der Waals surface area contributed by atoms with Crippen LogP contribution in [0.15, 0.2) is 6.07 Å². The van der Waals surface area contributed by atoms with E-state index in [1.54, 1.807) is 17.8 Å². The molecular weight excluding hydrogens is 244 g/mol. The van der Waals surface area contributed by atoms with Crippen LogP contribution in [0.3, 0.4) is 0 Å². The van der Waals surface area contributed by atoms with E-state index in [0.29, 0.717) is 29.6 Å². The first kappa shape index (κ1) is 11.8. The fourth-order valence-electron chi connectivity index (χ4n) is 2.24. The quantitative estimate of drug-likeness (QED) is 0.808. The van der Waals surface area contributed by atoms with Gasteiger partial charge in [-0.25, -0.2) is 13.5 Å². The molecule has 3 rings (SSSR count). The van der Waals surface area contributed by atoms with Gasteiger partial charge >= 0.3 is 0 Å². The van der Waals surface area contributed by atoms with Crippen LogP contribution >= 0.6 is 0 Å². The van der Waals surface area contributed by atoms with E-state index in [1.807, 2.05) is 0 Å². The molecule has 0 spiro atoms. The molecule has 0 bridgehead atoms. The molecule has 1 aliphatic carbocycles. The fraction of sp³-hybridized carbons (Fsp3) is 0.700. The molecule has 0 saturated heterocycles. The molecule has 100 valence electrons. The van der Waals surface area contributed by atoms with Gasteiger partial charge in [0.15, 0.2) is 0 Å². The normalized spacial score (nSPS) is 31.1. The molecule has 0 radical (unpaired) electrons. The second-order valence-electron chi connectivity index (χ2n) is 4.85. The Morgan fingerprint density at radius 2 is 2.22 bits per heavy atom. The van der Waals surface area contributed by atoms with Gasteiger partial charge in [-0.2, -0.15) is 5.10 Å². The summed E-state index contributed by atoms with van der Waals surface area (Å²) in [7, 11) is 1.56. The third-order valence-corrected chi connectivity index (χ3v) is 3.51. The SMILES string of the molecule is CN1c2cc([C@H]3CC3(F)F)nn2CC[C@@H](N)N1[O-]. The lowest BCUT2D eigenvalue weighted by atomic mass is 10.3. The van der Waals surface area contributed by atoms with E-state index in [1.165, 1.54) is 5.01 Å². The van der Waals surface area contributed by atoms with E-state index in [9.17, 15) is 14.0 Å². The Hall–Kier alpha value is -1.25.